The van der Waals surface area contributed by atoms with Crippen molar-refractivity contribution in [2.75, 3.05) is 39.9 Å². The first kappa shape index (κ1) is 19.6. The smallest absolute Gasteiger partial charge is 0.289 e. The number of hydrogen-bond donors (Lipinski definition) is 0. The highest BCUT2D eigenvalue weighted by Crippen LogP contribution is 2.27. The molecule has 29 heavy (non-hydrogen) atoms. The normalized spacial score (nSPS) is 17.9. The van der Waals surface area contributed by atoms with Crippen LogP contribution in [0.3, 0.4) is 0 Å². The number of carbonyl (C=O) groups excluding carboxylic acids is 2. The molecule has 2 aliphatic heterocycles. The highest BCUT2D eigenvalue weighted by molar-refractivity contribution is 5.91. The molecule has 0 saturated carbocycles. The molecule has 4 heterocycles. The van der Waals surface area contributed by atoms with Gasteiger partial charge in [-0.05, 0) is 12.8 Å². The van der Waals surface area contributed by atoms with Crippen LogP contribution < -0.4 is 0 Å². The number of carbonyl (C=O) groups is 2. The zero-order valence-electron chi connectivity index (χ0n) is 16.8. The third kappa shape index (κ3) is 4.16. The second-order valence-electron chi connectivity index (χ2n) is 7.71. The lowest BCUT2D eigenvalue weighted by molar-refractivity contribution is -0.137. The van der Waals surface area contributed by atoms with E-state index in [-0.39, 0.29) is 23.7 Å². The van der Waals surface area contributed by atoms with Crippen LogP contribution >= 0.6 is 0 Å². The maximum absolute atomic E-state index is 12.5. The molecule has 2 aromatic heterocycles. The van der Waals surface area contributed by atoms with Gasteiger partial charge in [0.15, 0.2) is 11.6 Å². The standard InChI is InChI=1S/C19H26N6O4/c1-23-8-6-20-16(23)19(27)25-11-14(12-25)17-21-15(22-29-17)3-7-24(2)18(26)13-4-9-28-10-5-13/h6,8,13-14H,3-5,7,9-12H2,1-2H3. The van der Waals surface area contributed by atoms with Gasteiger partial charge in [0.25, 0.3) is 5.91 Å². The predicted molar refractivity (Wildman–Crippen MR) is 101 cm³/mol. The Hall–Kier alpha value is -2.75. The molecule has 2 aromatic rings. The van der Waals surface area contributed by atoms with Crippen LogP contribution in [0.15, 0.2) is 16.9 Å². The van der Waals surface area contributed by atoms with Gasteiger partial charge in [-0.15, -0.1) is 0 Å². The maximum Gasteiger partial charge on any atom is 0.289 e. The molecule has 0 spiro atoms. The Balaban J connectivity index is 1.25. The van der Waals surface area contributed by atoms with Crippen LogP contribution in [-0.2, 0) is 23.0 Å². The molecule has 0 unspecified atom stereocenters. The number of ether oxygens (including phenoxy) is 1. The van der Waals surface area contributed by atoms with E-state index in [1.54, 1.807) is 33.8 Å². The van der Waals surface area contributed by atoms with E-state index >= 15 is 0 Å². The highest BCUT2D eigenvalue weighted by Gasteiger charge is 2.37. The van der Waals surface area contributed by atoms with Crippen LogP contribution in [0.4, 0.5) is 0 Å². The van der Waals surface area contributed by atoms with E-state index in [4.69, 9.17) is 9.26 Å². The molecule has 2 amide bonds. The molecule has 2 aliphatic rings. The second-order valence-corrected chi connectivity index (χ2v) is 7.71. The summed E-state index contributed by atoms with van der Waals surface area (Å²) in [5.41, 5.74) is 0. The largest absolute Gasteiger partial charge is 0.381 e. The van der Waals surface area contributed by atoms with E-state index in [1.165, 1.54) is 0 Å². The van der Waals surface area contributed by atoms with Crippen molar-refractivity contribution in [3.05, 3.63) is 29.9 Å². The van der Waals surface area contributed by atoms with Gasteiger partial charge >= 0.3 is 0 Å². The van der Waals surface area contributed by atoms with Gasteiger partial charge in [0, 0.05) is 71.7 Å². The lowest BCUT2D eigenvalue weighted by Gasteiger charge is -2.36. The molecule has 10 heteroatoms. The van der Waals surface area contributed by atoms with E-state index < -0.39 is 0 Å². The molecular weight excluding hydrogens is 376 g/mol. The summed E-state index contributed by atoms with van der Waals surface area (Å²) in [4.78, 5) is 36.9. The van der Waals surface area contributed by atoms with Crippen molar-refractivity contribution in [3.8, 4) is 0 Å². The van der Waals surface area contributed by atoms with Gasteiger partial charge in [-0.3, -0.25) is 9.59 Å². The molecule has 4 rings (SSSR count). The summed E-state index contributed by atoms with van der Waals surface area (Å²) in [5, 5.41) is 4.03. The summed E-state index contributed by atoms with van der Waals surface area (Å²) in [6, 6.07) is 0. The van der Waals surface area contributed by atoms with E-state index in [2.05, 4.69) is 15.1 Å². The minimum absolute atomic E-state index is 0.0436. The first-order chi connectivity index (χ1) is 14.0. The number of aryl methyl sites for hydroxylation is 1. The van der Waals surface area contributed by atoms with Crippen molar-refractivity contribution in [3.63, 3.8) is 0 Å². The lowest BCUT2D eigenvalue weighted by Crippen LogP contribution is -2.49. The van der Waals surface area contributed by atoms with Gasteiger partial charge in [-0.25, -0.2) is 4.98 Å². The van der Waals surface area contributed by atoms with Crippen molar-refractivity contribution >= 4 is 11.8 Å². The number of amides is 2. The van der Waals surface area contributed by atoms with Gasteiger partial charge in [-0.1, -0.05) is 5.16 Å². The molecule has 10 nitrogen and oxygen atoms in total. The minimum atomic E-state index is -0.0956. The average Bonchev–Trinajstić information content (AvgIpc) is 3.34. The summed E-state index contributed by atoms with van der Waals surface area (Å²) in [6.07, 6.45) is 5.46. The lowest BCUT2D eigenvalue weighted by atomic mass is 9.99. The number of likely N-dealkylation sites (tertiary alicyclic amines) is 1. The van der Waals surface area contributed by atoms with Crippen LogP contribution in [0.2, 0.25) is 0 Å². The van der Waals surface area contributed by atoms with Gasteiger partial charge < -0.3 is 23.6 Å². The zero-order chi connectivity index (χ0) is 20.4. The monoisotopic (exact) mass is 402 g/mol. The maximum atomic E-state index is 12.5. The molecule has 156 valence electrons. The summed E-state index contributed by atoms with van der Waals surface area (Å²) >= 11 is 0. The van der Waals surface area contributed by atoms with Crippen molar-refractivity contribution in [1.82, 2.24) is 29.5 Å². The first-order valence-corrected chi connectivity index (χ1v) is 9.94. The fourth-order valence-electron chi connectivity index (χ4n) is 3.68. The molecule has 0 aromatic carbocycles. The number of aromatic nitrogens is 4. The number of nitrogens with zero attached hydrogens (tertiary/aromatic N) is 6. The second kappa shape index (κ2) is 8.32. The van der Waals surface area contributed by atoms with Gasteiger partial charge in [0.1, 0.15) is 0 Å². The van der Waals surface area contributed by atoms with Crippen LogP contribution in [0, 0.1) is 5.92 Å². The minimum Gasteiger partial charge on any atom is -0.381 e. The van der Waals surface area contributed by atoms with E-state index in [0.29, 0.717) is 56.8 Å². The molecule has 0 atom stereocenters. The summed E-state index contributed by atoms with van der Waals surface area (Å²) in [5.74, 6) is 1.70. The zero-order valence-corrected chi connectivity index (χ0v) is 16.8. The Morgan fingerprint density at radius 3 is 2.72 bits per heavy atom. The van der Waals surface area contributed by atoms with Gasteiger partial charge in [0.2, 0.25) is 11.8 Å². The fraction of sp³-hybridized carbons (Fsp3) is 0.632. The molecule has 0 radical (unpaired) electrons. The van der Waals surface area contributed by atoms with E-state index in [0.717, 1.165) is 12.8 Å². The van der Waals surface area contributed by atoms with Crippen LogP contribution in [0.5, 0.6) is 0 Å². The van der Waals surface area contributed by atoms with Crippen LogP contribution in [0.1, 0.15) is 41.1 Å². The average molecular weight is 402 g/mol. The van der Waals surface area contributed by atoms with Crippen LogP contribution in [-0.4, -0.2) is 81.2 Å². The van der Waals surface area contributed by atoms with Crippen LogP contribution in [0.25, 0.3) is 0 Å². The topological polar surface area (TPSA) is 107 Å². The Bertz CT molecular complexity index is 866. The number of rotatable bonds is 6. The number of hydrogen-bond acceptors (Lipinski definition) is 7. The van der Waals surface area contributed by atoms with Gasteiger partial charge in [0.05, 0.1) is 5.92 Å². The third-order valence-electron chi connectivity index (χ3n) is 5.63. The predicted octanol–water partition coefficient (Wildman–Crippen LogP) is 0.470. The quantitative estimate of drug-likeness (QED) is 0.691. The first-order valence-electron chi connectivity index (χ1n) is 9.94. The van der Waals surface area contributed by atoms with Crippen molar-refractivity contribution in [1.29, 1.82) is 0 Å². The Labute approximate surface area is 168 Å². The SMILES string of the molecule is CN(CCc1noc(C2CN(C(=O)c3nccn3C)C2)n1)C(=O)C1CCOCC1. The molecule has 2 fully saturated rings. The summed E-state index contributed by atoms with van der Waals surface area (Å²) in [7, 11) is 3.61. The van der Waals surface area contributed by atoms with Gasteiger partial charge in [-0.2, -0.15) is 4.98 Å². The Morgan fingerprint density at radius 2 is 2.03 bits per heavy atom. The number of likely N-dealkylation sites (N-methyl/N-ethyl adjacent to an activating group) is 1. The van der Waals surface area contributed by atoms with Crippen molar-refractivity contribution < 1.29 is 18.8 Å². The number of imidazole rings is 1. The Kier molecular flexibility index (Phi) is 5.61. The fourth-order valence-corrected chi connectivity index (χ4v) is 3.68. The Morgan fingerprint density at radius 1 is 1.28 bits per heavy atom. The molecule has 2 saturated heterocycles. The van der Waals surface area contributed by atoms with Crippen molar-refractivity contribution in [2.45, 2.75) is 25.2 Å². The molecule has 0 bridgehead atoms. The highest BCUT2D eigenvalue weighted by atomic mass is 16.5. The van der Waals surface area contributed by atoms with E-state index in [1.807, 2.05) is 7.05 Å². The van der Waals surface area contributed by atoms with E-state index in [9.17, 15) is 9.59 Å². The summed E-state index contributed by atoms with van der Waals surface area (Å²) < 4.78 is 12.4. The van der Waals surface area contributed by atoms with Crippen molar-refractivity contribution in [2.24, 2.45) is 13.0 Å². The molecular formula is C19H26N6O4. The molecule has 0 aliphatic carbocycles. The summed E-state index contributed by atoms with van der Waals surface area (Å²) in [6.45, 7) is 2.92. The third-order valence-corrected chi connectivity index (χ3v) is 5.63. The molecule has 0 N–H and O–H groups in total.